The third kappa shape index (κ3) is 2.46. The summed E-state index contributed by atoms with van der Waals surface area (Å²) < 4.78 is 0. The molecule has 88 valence electrons. The van der Waals surface area contributed by atoms with E-state index in [2.05, 4.69) is 39.0 Å². The highest BCUT2D eigenvalue weighted by atomic mass is 16.3. The molecule has 1 heteroatoms. The molecule has 1 N–H and O–H groups in total. The molecule has 0 aliphatic heterocycles. The molecule has 1 aliphatic carbocycles. The molecule has 16 heavy (non-hydrogen) atoms. The topological polar surface area (TPSA) is 20.2 Å². The summed E-state index contributed by atoms with van der Waals surface area (Å²) in [7, 11) is 0. The van der Waals surface area contributed by atoms with E-state index in [4.69, 9.17) is 0 Å². The lowest BCUT2D eigenvalue weighted by atomic mass is 9.91. The molecule has 2 rings (SSSR count). The fourth-order valence-electron chi connectivity index (χ4n) is 2.82. The fraction of sp³-hybridized carbons (Fsp3) is 0.600. The fourth-order valence-corrected chi connectivity index (χ4v) is 2.82. The normalized spacial score (nSPS) is 29.6. The average molecular weight is 218 g/mol. The van der Waals surface area contributed by atoms with Gasteiger partial charge in [0.1, 0.15) is 0 Å². The summed E-state index contributed by atoms with van der Waals surface area (Å²) in [6, 6.07) is 6.53. The lowest BCUT2D eigenvalue weighted by molar-refractivity contribution is 0.0446. The van der Waals surface area contributed by atoms with Gasteiger partial charge in [-0.3, -0.25) is 0 Å². The summed E-state index contributed by atoms with van der Waals surface area (Å²) in [4.78, 5) is 0. The van der Waals surface area contributed by atoms with Crippen LogP contribution in [0.5, 0.6) is 0 Å². The lowest BCUT2D eigenvalue weighted by Gasteiger charge is -2.23. The summed E-state index contributed by atoms with van der Waals surface area (Å²) in [6.45, 7) is 6.50. The first-order valence-corrected chi connectivity index (χ1v) is 6.27. The van der Waals surface area contributed by atoms with Crippen molar-refractivity contribution in [1.82, 2.24) is 0 Å². The number of rotatable bonds is 2. The van der Waals surface area contributed by atoms with Gasteiger partial charge in [0, 0.05) is 6.42 Å². The predicted molar refractivity (Wildman–Crippen MR) is 67.6 cm³/mol. The second kappa shape index (κ2) is 4.21. The van der Waals surface area contributed by atoms with Crippen LogP contribution < -0.4 is 0 Å². The molecule has 1 nitrogen and oxygen atoms in total. The number of hydrogen-bond acceptors (Lipinski definition) is 1. The molecular weight excluding hydrogens is 196 g/mol. The Morgan fingerprint density at radius 3 is 2.62 bits per heavy atom. The van der Waals surface area contributed by atoms with E-state index in [9.17, 15) is 5.11 Å². The number of aryl methyl sites for hydroxylation is 2. The molecule has 0 amide bonds. The lowest BCUT2D eigenvalue weighted by Crippen LogP contribution is -2.27. The zero-order valence-electron chi connectivity index (χ0n) is 10.6. The second-order valence-corrected chi connectivity index (χ2v) is 5.67. The van der Waals surface area contributed by atoms with Crippen LogP contribution in [0.2, 0.25) is 0 Å². The molecule has 0 radical (unpaired) electrons. The summed E-state index contributed by atoms with van der Waals surface area (Å²) in [5, 5.41) is 10.5. The second-order valence-electron chi connectivity index (χ2n) is 5.67. The van der Waals surface area contributed by atoms with E-state index >= 15 is 0 Å². The van der Waals surface area contributed by atoms with Gasteiger partial charge in [0.15, 0.2) is 0 Å². The van der Waals surface area contributed by atoms with Gasteiger partial charge in [-0.1, -0.05) is 25.1 Å². The molecule has 0 heterocycles. The minimum absolute atomic E-state index is 0.443. The van der Waals surface area contributed by atoms with Gasteiger partial charge in [-0.15, -0.1) is 0 Å². The molecule has 0 bridgehead atoms. The number of aliphatic hydroxyl groups is 1. The zero-order chi connectivity index (χ0) is 11.8. The van der Waals surface area contributed by atoms with Crippen LogP contribution in [0.1, 0.15) is 42.9 Å². The Hall–Kier alpha value is -0.820. The van der Waals surface area contributed by atoms with Crippen LogP contribution in [0, 0.1) is 19.8 Å². The van der Waals surface area contributed by atoms with E-state index in [1.165, 1.54) is 23.1 Å². The largest absolute Gasteiger partial charge is 0.390 e. The SMILES string of the molecule is Cc1ccc(CC2(O)CCC(C)C2)cc1C. The first-order valence-electron chi connectivity index (χ1n) is 6.27. The summed E-state index contributed by atoms with van der Waals surface area (Å²) in [6.07, 6.45) is 3.90. The van der Waals surface area contributed by atoms with E-state index in [0.29, 0.717) is 5.92 Å². The van der Waals surface area contributed by atoms with Gasteiger partial charge in [-0.2, -0.15) is 0 Å². The molecule has 1 fully saturated rings. The molecule has 0 spiro atoms. The van der Waals surface area contributed by atoms with Crippen molar-refractivity contribution in [3.63, 3.8) is 0 Å². The standard InChI is InChI=1S/C15H22O/c1-11-6-7-15(16,9-11)10-14-5-4-12(2)13(3)8-14/h4-5,8,11,16H,6-7,9-10H2,1-3H3. The maximum Gasteiger partial charge on any atom is 0.0690 e. The van der Waals surface area contributed by atoms with Crippen molar-refractivity contribution >= 4 is 0 Å². The highest BCUT2D eigenvalue weighted by Crippen LogP contribution is 2.36. The van der Waals surface area contributed by atoms with Crippen LogP contribution in [0.15, 0.2) is 18.2 Å². The van der Waals surface area contributed by atoms with Gasteiger partial charge < -0.3 is 5.11 Å². The van der Waals surface area contributed by atoms with Crippen LogP contribution >= 0.6 is 0 Å². The Morgan fingerprint density at radius 2 is 2.06 bits per heavy atom. The number of hydrogen-bond donors (Lipinski definition) is 1. The molecule has 1 aliphatic rings. The smallest absolute Gasteiger partial charge is 0.0690 e. The highest BCUT2D eigenvalue weighted by molar-refractivity contribution is 5.30. The molecule has 0 saturated heterocycles. The van der Waals surface area contributed by atoms with E-state index < -0.39 is 5.60 Å². The minimum atomic E-state index is -0.443. The Morgan fingerprint density at radius 1 is 1.31 bits per heavy atom. The van der Waals surface area contributed by atoms with Gasteiger partial charge in [0.25, 0.3) is 0 Å². The summed E-state index contributed by atoms with van der Waals surface area (Å²) >= 11 is 0. The quantitative estimate of drug-likeness (QED) is 0.806. The van der Waals surface area contributed by atoms with E-state index in [0.717, 1.165) is 19.3 Å². The van der Waals surface area contributed by atoms with Gasteiger partial charge in [0.2, 0.25) is 0 Å². The predicted octanol–water partition coefficient (Wildman–Crippen LogP) is 3.40. The summed E-state index contributed by atoms with van der Waals surface area (Å²) in [5.41, 5.74) is 3.49. The molecule has 0 aromatic heterocycles. The molecule has 2 unspecified atom stereocenters. The van der Waals surface area contributed by atoms with Crippen molar-refractivity contribution in [2.24, 2.45) is 5.92 Å². The Bertz CT molecular complexity index is 383. The van der Waals surface area contributed by atoms with Crippen LogP contribution in [0.25, 0.3) is 0 Å². The highest BCUT2D eigenvalue weighted by Gasteiger charge is 2.35. The Balaban J connectivity index is 2.12. The van der Waals surface area contributed by atoms with Crippen molar-refractivity contribution in [2.45, 2.75) is 52.1 Å². The Labute approximate surface area is 98.5 Å². The first-order chi connectivity index (χ1) is 7.48. The molecule has 1 aromatic carbocycles. The van der Waals surface area contributed by atoms with E-state index in [1.807, 2.05) is 0 Å². The molecule has 1 aromatic rings. The van der Waals surface area contributed by atoms with Gasteiger partial charge in [-0.05, 0) is 55.7 Å². The maximum atomic E-state index is 10.5. The van der Waals surface area contributed by atoms with Gasteiger partial charge in [-0.25, -0.2) is 0 Å². The van der Waals surface area contributed by atoms with Crippen molar-refractivity contribution in [1.29, 1.82) is 0 Å². The zero-order valence-corrected chi connectivity index (χ0v) is 10.6. The van der Waals surface area contributed by atoms with Crippen LogP contribution in [-0.2, 0) is 6.42 Å². The first kappa shape index (κ1) is 11.7. The van der Waals surface area contributed by atoms with Crippen molar-refractivity contribution in [3.8, 4) is 0 Å². The third-order valence-corrected chi connectivity index (χ3v) is 3.94. The summed E-state index contributed by atoms with van der Waals surface area (Å²) in [5.74, 6) is 0.677. The van der Waals surface area contributed by atoms with Crippen LogP contribution in [0.4, 0.5) is 0 Å². The van der Waals surface area contributed by atoms with E-state index in [1.54, 1.807) is 0 Å². The average Bonchev–Trinajstić information content (AvgIpc) is 2.52. The van der Waals surface area contributed by atoms with Crippen LogP contribution in [0.3, 0.4) is 0 Å². The molecule has 2 atom stereocenters. The monoisotopic (exact) mass is 218 g/mol. The van der Waals surface area contributed by atoms with Gasteiger partial charge >= 0.3 is 0 Å². The Kier molecular flexibility index (Phi) is 3.07. The van der Waals surface area contributed by atoms with Crippen molar-refractivity contribution in [2.75, 3.05) is 0 Å². The maximum absolute atomic E-state index is 10.5. The van der Waals surface area contributed by atoms with Gasteiger partial charge in [0.05, 0.1) is 5.60 Å². The minimum Gasteiger partial charge on any atom is -0.390 e. The molecular formula is C15H22O. The van der Waals surface area contributed by atoms with Crippen LogP contribution in [-0.4, -0.2) is 10.7 Å². The number of benzene rings is 1. The van der Waals surface area contributed by atoms with Crippen molar-refractivity contribution < 1.29 is 5.11 Å². The molecule has 1 saturated carbocycles. The van der Waals surface area contributed by atoms with E-state index in [-0.39, 0.29) is 0 Å². The third-order valence-electron chi connectivity index (χ3n) is 3.94. The van der Waals surface area contributed by atoms with Crippen molar-refractivity contribution in [3.05, 3.63) is 34.9 Å².